The number of aryl methyl sites for hydroxylation is 6. The first-order chi connectivity index (χ1) is 13.2. The van der Waals surface area contributed by atoms with Crippen LogP contribution in [0.15, 0.2) is 36.4 Å². The van der Waals surface area contributed by atoms with Gasteiger partial charge in [0.05, 0.1) is 0 Å². The van der Waals surface area contributed by atoms with Crippen molar-refractivity contribution in [2.75, 3.05) is 0 Å². The Morgan fingerprint density at radius 1 is 0.407 bits per heavy atom. The highest BCUT2D eigenvalue weighted by molar-refractivity contribution is 5.32. The standard InChI is InChI=1S/C14H20.C13H18/c1-12-9-10-13-7-5-3-2-4-6-8-14(13)11-12;1-11-8-9-12-6-4-2-3-5-7-13(12)10-11/h9-11H,2-8H2,1H3;8-10H,2-7H2,1H3. The molecule has 0 bridgehead atoms. The largest absolute Gasteiger partial charge is 0.0590 e. The van der Waals surface area contributed by atoms with Gasteiger partial charge in [-0.2, -0.15) is 0 Å². The first kappa shape index (κ1) is 20.2. The highest BCUT2D eigenvalue weighted by atomic mass is 14.1. The number of fused-ring (bicyclic) bond motifs is 2. The minimum absolute atomic E-state index is 1.30. The summed E-state index contributed by atoms with van der Waals surface area (Å²) in [5, 5.41) is 0. The summed E-state index contributed by atoms with van der Waals surface area (Å²) in [5.41, 5.74) is 9.27. The van der Waals surface area contributed by atoms with Gasteiger partial charge in [-0.05, 0) is 87.5 Å². The summed E-state index contributed by atoms with van der Waals surface area (Å²) in [7, 11) is 0. The molecule has 0 heteroatoms. The molecule has 0 atom stereocenters. The molecule has 0 radical (unpaired) electrons. The van der Waals surface area contributed by atoms with Crippen molar-refractivity contribution >= 4 is 0 Å². The Kier molecular flexibility index (Phi) is 7.99. The normalized spacial score (nSPS) is 17.6. The molecular weight excluding hydrogens is 324 g/mol. The van der Waals surface area contributed by atoms with Gasteiger partial charge in [0.25, 0.3) is 0 Å². The van der Waals surface area contributed by atoms with Crippen LogP contribution in [0.3, 0.4) is 0 Å². The Balaban J connectivity index is 0.000000156. The summed E-state index contributed by atoms with van der Waals surface area (Å²) in [6.45, 7) is 4.39. The Labute approximate surface area is 167 Å². The van der Waals surface area contributed by atoms with Gasteiger partial charge in [0.1, 0.15) is 0 Å². The summed E-state index contributed by atoms with van der Waals surface area (Å²) in [5.74, 6) is 0. The molecule has 0 aliphatic heterocycles. The SMILES string of the molecule is Cc1ccc2c(c1)CCCCCC2.Cc1ccc2c(c1)CCCCCCC2. The molecule has 0 saturated carbocycles. The summed E-state index contributed by atoms with van der Waals surface area (Å²) >= 11 is 0. The molecule has 0 heterocycles. The summed E-state index contributed by atoms with van der Waals surface area (Å²) in [4.78, 5) is 0. The molecule has 27 heavy (non-hydrogen) atoms. The second kappa shape index (κ2) is 10.7. The summed E-state index contributed by atoms with van der Waals surface area (Å²) in [6.07, 6.45) is 17.9. The lowest BCUT2D eigenvalue weighted by molar-refractivity contribution is 0.617. The predicted molar refractivity (Wildman–Crippen MR) is 119 cm³/mol. The van der Waals surface area contributed by atoms with Crippen LogP contribution in [0.2, 0.25) is 0 Å². The molecule has 0 N–H and O–H groups in total. The van der Waals surface area contributed by atoms with E-state index in [1.165, 1.54) is 94.6 Å². The number of rotatable bonds is 0. The molecule has 0 spiro atoms. The van der Waals surface area contributed by atoms with E-state index >= 15 is 0 Å². The fraction of sp³-hybridized carbons (Fsp3) is 0.556. The van der Waals surface area contributed by atoms with Crippen molar-refractivity contribution in [2.24, 2.45) is 0 Å². The third-order valence-corrected chi connectivity index (χ3v) is 6.26. The Hall–Kier alpha value is -1.56. The zero-order valence-corrected chi connectivity index (χ0v) is 17.7. The molecule has 0 unspecified atom stereocenters. The van der Waals surface area contributed by atoms with E-state index in [-0.39, 0.29) is 0 Å². The average molecular weight is 363 g/mol. The molecule has 2 aromatic carbocycles. The van der Waals surface area contributed by atoms with Gasteiger partial charge in [-0.3, -0.25) is 0 Å². The number of hydrogen-bond donors (Lipinski definition) is 0. The molecule has 2 aromatic rings. The average Bonchev–Trinajstić information content (AvgIpc) is 2.75. The molecule has 0 aromatic heterocycles. The van der Waals surface area contributed by atoms with E-state index in [0.717, 1.165) is 0 Å². The second-order valence-electron chi connectivity index (χ2n) is 8.73. The molecule has 4 rings (SSSR count). The summed E-state index contributed by atoms with van der Waals surface area (Å²) in [6, 6.07) is 13.9. The van der Waals surface area contributed by atoms with Crippen molar-refractivity contribution < 1.29 is 0 Å². The van der Waals surface area contributed by atoms with E-state index in [4.69, 9.17) is 0 Å². The minimum Gasteiger partial charge on any atom is -0.0590 e. The van der Waals surface area contributed by atoms with Gasteiger partial charge in [-0.25, -0.2) is 0 Å². The Morgan fingerprint density at radius 2 is 0.741 bits per heavy atom. The van der Waals surface area contributed by atoms with Crippen molar-refractivity contribution in [1.82, 2.24) is 0 Å². The van der Waals surface area contributed by atoms with Gasteiger partial charge in [0, 0.05) is 0 Å². The van der Waals surface area contributed by atoms with Crippen LogP contribution in [0.25, 0.3) is 0 Å². The first-order valence-electron chi connectivity index (χ1n) is 11.4. The lowest BCUT2D eigenvalue weighted by Crippen LogP contribution is -1.99. The van der Waals surface area contributed by atoms with Crippen LogP contribution in [0, 0.1) is 13.8 Å². The van der Waals surface area contributed by atoms with Crippen LogP contribution in [0.1, 0.15) is 91.2 Å². The monoisotopic (exact) mass is 362 g/mol. The molecular formula is C27H38. The second-order valence-corrected chi connectivity index (χ2v) is 8.73. The first-order valence-corrected chi connectivity index (χ1v) is 11.4. The zero-order valence-electron chi connectivity index (χ0n) is 17.7. The van der Waals surface area contributed by atoms with Gasteiger partial charge in [0.15, 0.2) is 0 Å². The van der Waals surface area contributed by atoms with Crippen molar-refractivity contribution in [3.63, 3.8) is 0 Å². The van der Waals surface area contributed by atoms with Crippen molar-refractivity contribution in [3.05, 3.63) is 69.8 Å². The van der Waals surface area contributed by atoms with Gasteiger partial charge in [-0.15, -0.1) is 0 Å². The van der Waals surface area contributed by atoms with Crippen LogP contribution < -0.4 is 0 Å². The Bertz CT molecular complexity index is 710. The summed E-state index contributed by atoms with van der Waals surface area (Å²) < 4.78 is 0. The highest BCUT2D eigenvalue weighted by Crippen LogP contribution is 2.22. The van der Waals surface area contributed by atoms with E-state index in [0.29, 0.717) is 0 Å². The van der Waals surface area contributed by atoms with E-state index in [1.54, 1.807) is 22.3 Å². The fourth-order valence-corrected chi connectivity index (χ4v) is 4.61. The van der Waals surface area contributed by atoms with E-state index in [1.807, 2.05) is 0 Å². The van der Waals surface area contributed by atoms with Crippen LogP contribution in [-0.4, -0.2) is 0 Å². The molecule has 0 saturated heterocycles. The highest BCUT2D eigenvalue weighted by Gasteiger charge is 2.06. The molecule has 0 nitrogen and oxygen atoms in total. The number of hydrogen-bond acceptors (Lipinski definition) is 0. The van der Waals surface area contributed by atoms with Crippen LogP contribution in [0.4, 0.5) is 0 Å². The molecule has 2 aliphatic rings. The van der Waals surface area contributed by atoms with E-state index in [2.05, 4.69) is 50.2 Å². The topological polar surface area (TPSA) is 0 Å². The van der Waals surface area contributed by atoms with Gasteiger partial charge < -0.3 is 0 Å². The van der Waals surface area contributed by atoms with Crippen LogP contribution in [-0.2, 0) is 25.7 Å². The molecule has 2 aliphatic carbocycles. The van der Waals surface area contributed by atoms with Crippen molar-refractivity contribution in [1.29, 1.82) is 0 Å². The molecule has 146 valence electrons. The van der Waals surface area contributed by atoms with Gasteiger partial charge >= 0.3 is 0 Å². The van der Waals surface area contributed by atoms with Crippen LogP contribution >= 0.6 is 0 Å². The predicted octanol–water partition coefficient (Wildman–Crippen LogP) is 7.70. The van der Waals surface area contributed by atoms with E-state index in [9.17, 15) is 0 Å². The Morgan fingerprint density at radius 3 is 1.15 bits per heavy atom. The van der Waals surface area contributed by atoms with Crippen molar-refractivity contribution in [3.8, 4) is 0 Å². The quantitative estimate of drug-likeness (QED) is 0.450. The van der Waals surface area contributed by atoms with E-state index < -0.39 is 0 Å². The maximum Gasteiger partial charge on any atom is -0.0276 e. The van der Waals surface area contributed by atoms with Gasteiger partial charge in [-0.1, -0.05) is 79.6 Å². The third-order valence-electron chi connectivity index (χ3n) is 6.26. The maximum atomic E-state index is 2.39. The lowest BCUT2D eigenvalue weighted by Gasteiger charge is -2.13. The molecule has 0 amide bonds. The van der Waals surface area contributed by atoms with Crippen LogP contribution in [0.5, 0.6) is 0 Å². The van der Waals surface area contributed by atoms with Crippen molar-refractivity contribution in [2.45, 2.75) is 97.3 Å². The smallest absolute Gasteiger partial charge is 0.0276 e. The third kappa shape index (κ3) is 6.52. The number of benzene rings is 2. The maximum absolute atomic E-state index is 2.39. The molecule has 0 fully saturated rings. The fourth-order valence-electron chi connectivity index (χ4n) is 4.61. The minimum atomic E-state index is 1.30. The zero-order chi connectivity index (χ0) is 18.9. The van der Waals surface area contributed by atoms with Gasteiger partial charge in [0.2, 0.25) is 0 Å². The lowest BCUT2D eigenvalue weighted by atomic mass is 9.92.